The summed E-state index contributed by atoms with van der Waals surface area (Å²) in [6.45, 7) is 4.42. The van der Waals surface area contributed by atoms with Crippen molar-refractivity contribution in [3.63, 3.8) is 0 Å². The zero-order chi connectivity index (χ0) is 17.7. The third-order valence-electron chi connectivity index (χ3n) is 4.09. The summed E-state index contributed by atoms with van der Waals surface area (Å²) < 4.78 is 37.6. The van der Waals surface area contributed by atoms with Gasteiger partial charge in [0.25, 0.3) is 0 Å². The van der Waals surface area contributed by atoms with Crippen LogP contribution in [-0.4, -0.2) is 59.7 Å². The average Bonchev–Trinajstić information content (AvgIpc) is 2.94. The highest BCUT2D eigenvalue weighted by Gasteiger charge is 2.33. The molecule has 1 atom stereocenters. The van der Waals surface area contributed by atoms with Crippen LogP contribution in [0.15, 0.2) is 18.3 Å². The molecule has 1 aliphatic heterocycles. The molecule has 24 heavy (non-hydrogen) atoms. The molecule has 0 aromatic carbocycles. The van der Waals surface area contributed by atoms with E-state index in [1.807, 2.05) is 13.0 Å². The minimum Gasteiger partial charge on any atom is -0.324 e. The van der Waals surface area contributed by atoms with Gasteiger partial charge in [-0.3, -0.25) is 10.2 Å². The molecule has 2 amide bonds. The van der Waals surface area contributed by atoms with E-state index in [1.54, 1.807) is 24.1 Å². The number of urea groups is 1. The Hall–Kier alpha value is -1.83. The molecule has 8 heteroatoms. The van der Waals surface area contributed by atoms with E-state index in [4.69, 9.17) is 0 Å². The third-order valence-corrected chi connectivity index (χ3v) is 4.09. The highest BCUT2D eigenvalue weighted by Crippen LogP contribution is 2.22. The number of nitrogens with one attached hydrogen (secondary N) is 1. The first kappa shape index (κ1) is 18.5. The molecule has 1 fully saturated rings. The summed E-state index contributed by atoms with van der Waals surface area (Å²) in [6, 6.07) is 3.35. The molecular weight excluding hydrogens is 321 g/mol. The Bertz CT molecular complexity index is 564. The molecule has 0 aliphatic carbocycles. The highest BCUT2D eigenvalue weighted by molar-refractivity contribution is 5.88. The molecule has 0 radical (unpaired) electrons. The zero-order valence-electron chi connectivity index (χ0n) is 13.9. The molecule has 2 heterocycles. The van der Waals surface area contributed by atoms with Gasteiger partial charge in [0, 0.05) is 25.8 Å². The number of halogens is 3. The van der Waals surface area contributed by atoms with Crippen molar-refractivity contribution in [2.45, 2.75) is 26.4 Å². The summed E-state index contributed by atoms with van der Waals surface area (Å²) in [5, 5.41) is 2.73. The van der Waals surface area contributed by atoms with Gasteiger partial charge in [-0.2, -0.15) is 13.2 Å². The number of amides is 2. The summed E-state index contributed by atoms with van der Waals surface area (Å²) in [7, 11) is 0. The predicted octanol–water partition coefficient (Wildman–Crippen LogP) is 3.13. The number of aryl methyl sites for hydroxylation is 1. The Balaban J connectivity index is 1.84. The fourth-order valence-electron chi connectivity index (χ4n) is 2.88. The fourth-order valence-corrected chi connectivity index (χ4v) is 2.88. The Morgan fingerprint density at radius 2 is 2.25 bits per heavy atom. The first-order valence-electron chi connectivity index (χ1n) is 8.04. The van der Waals surface area contributed by atoms with Crippen LogP contribution in [0.2, 0.25) is 0 Å². The van der Waals surface area contributed by atoms with Crippen molar-refractivity contribution < 1.29 is 18.0 Å². The number of alkyl halides is 3. The first-order chi connectivity index (χ1) is 11.3. The number of hydrogen-bond donors (Lipinski definition) is 1. The number of hydrogen-bond acceptors (Lipinski definition) is 3. The van der Waals surface area contributed by atoms with Gasteiger partial charge < -0.3 is 4.90 Å². The number of anilines is 1. The van der Waals surface area contributed by atoms with Gasteiger partial charge in [0.1, 0.15) is 5.82 Å². The molecule has 1 aromatic heterocycles. The summed E-state index contributed by atoms with van der Waals surface area (Å²) >= 11 is 0. The number of pyridine rings is 1. The molecule has 1 aliphatic rings. The van der Waals surface area contributed by atoms with Gasteiger partial charge in [-0.15, -0.1) is 0 Å². The zero-order valence-corrected chi connectivity index (χ0v) is 13.9. The lowest BCUT2D eigenvalue weighted by molar-refractivity contribution is -0.146. The topological polar surface area (TPSA) is 48.5 Å². The van der Waals surface area contributed by atoms with E-state index in [0.717, 1.165) is 5.56 Å². The van der Waals surface area contributed by atoms with Crippen LogP contribution in [0, 0.1) is 12.8 Å². The Labute approximate surface area is 139 Å². The SMILES string of the molecule is CCN(C[C@@H]1CCN(C(=O)Nc2cc(C)ccn2)C1)CC(F)(F)F. The number of likely N-dealkylation sites (tertiary alicyclic amines) is 1. The van der Waals surface area contributed by atoms with E-state index in [1.165, 1.54) is 4.90 Å². The molecule has 5 nitrogen and oxygen atoms in total. The predicted molar refractivity (Wildman–Crippen MR) is 85.8 cm³/mol. The quantitative estimate of drug-likeness (QED) is 0.893. The number of carbonyl (C=O) groups excluding carboxylic acids is 1. The minimum atomic E-state index is -4.19. The van der Waals surface area contributed by atoms with Gasteiger partial charge in [0.05, 0.1) is 6.54 Å². The van der Waals surface area contributed by atoms with Gasteiger partial charge in [-0.05, 0) is 43.5 Å². The Morgan fingerprint density at radius 3 is 2.88 bits per heavy atom. The summed E-state index contributed by atoms with van der Waals surface area (Å²) in [4.78, 5) is 19.3. The maximum absolute atomic E-state index is 12.5. The second kappa shape index (κ2) is 7.83. The van der Waals surface area contributed by atoms with Crippen LogP contribution in [0.1, 0.15) is 18.9 Å². The van der Waals surface area contributed by atoms with Gasteiger partial charge in [-0.25, -0.2) is 9.78 Å². The summed E-state index contributed by atoms with van der Waals surface area (Å²) in [6.07, 6.45) is -1.86. The fraction of sp³-hybridized carbons (Fsp3) is 0.625. The van der Waals surface area contributed by atoms with Gasteiger partial charge in [-0.1, -0.05) is 6.92 Å². The van der Waals surface area contributed by atoms with Crippen LogP contribution in [0.3, 0.4) is 0 Å². The van der Waals surface area contributed by atoms with Crippen molar-refractivity contribution in [3.8, 4) is 0 Å². The highest BCUT2D eigenvalue weighted by atomic mass is 19.4. The number of aromatic nitrogens is 1. The van der Waals surface area contributed by atoms with Crippen LogP contribution in [0.5, 0.6) is 0 Å². The molecule has 0 unspecified atom stereocenters. The van der Waals surface area contributed by atoms with Crippen molar-refractivity contribution in [2.24, 2.45) is 5.92 Å². The number of nitrogens with zero attached hydrogens (tertiary/aromatic N) is 3. The van der Waals surface area contributed by atoms with Crippen LogP contribution in [0.4, 0.5) is 23.8 Å². The van der Waals surface area contributed by atoms with Crippen LogP contribution in [-0.2, 0) is 0 Å². The van der Waals surface area contributed by atoms with E-state index >= 15 is 0 Å². The lowest BCUT2D eigenvalue weighted by Crippen LogP contribution is -2.39. The molecule has 134 valence electrons. The molecule has 0 spiro atoms. The van der Waals surface area contributed by atoms with E-state index in [0.29, 0.717) is 38.4 Å². The first-order valence-corrected chi connectivity index (χ1v) is 8.04. The summed E-state index contributed by atoms with van der Waals surface area (Å²) in [5.41, 5.74) is 0.991. The number of carbonyl (C=O) groups is 1. The van der Waals surface area contributed by atoms with E-state index in [9.17, 15) is 18.0 Å². The van der Waals surface area contributed by atoms with Crippen molar-refractivity contribution in [1.82, 2.24) is 14.8 Å². The van der Waals surface area contributed by atoms with Crippen LogP contribution >= 0.6 is 0 Å². The molecule has 2 rings (SSSR count). The van der Waals surface area contributed by atoms with Crippen molar-refractivity contribution in [3.05, 3.63) is 23.9 Å². The van der Waals surface area contributed by atoms with Gasteiger partial charge >= 0.3 is 12.2 Å². The average molecular weight is 344 g/mol. The summed E-state index contributed by atoms with van der Waals surface area (Å²) in [5.74, 6) is 0.541. The molecule has 1 saturated heterocycles. The number of rotatable bonds is 5. The van der Waals surface area contributed by atoms with E-state index in [-0.39, 0.29) is 11.9 Å². The maximum Gasteiger partial charge on any atom is 0.401 e. The van der Waals surface area contributed by atoms with Crippen LogP contribution in [0.25, 0.3) is 0 Å². The standard InChI is InChI=1S/C16H23F3N4O/c1-3-22(11-16(17,18)19)9-13-5-7-23(10-13)15(24)21-14-8-12(2)4-6-20-14/h4,6,8,13H,3,5,7,9-11H2,1-2H3,(H,20,21,24)/t13-/m0/s1. The second-order valence-corrected chi connectivity index (χ2v) is 6.19. The molecule has 1 aromatic rings. The molecule has 1 N–H and O–H groups in total. The molecular formula is C16H23F3N4O. The maximum atomic E-state index is 12.5. The normalized spacial score (nSPS) is 18.2. The van der Waals surface area contributed by atoms with E-state index < -0.39 is 12.7 Å². The Kier molecular flexibility index (Phi) is 6.04. The lowest BCUT2D eigenvalue weighted by atomic mass is 10.1. The lowest BCUT2D eigenvalue weighted by Gasteiger charge is -2.25. The smallest absolute Gasteiger partial charge is 0.324 e. The second-order valence-electron chi connectivity index (χ2n) is 6.19. The minimum absolute atomic E-state index is 0.0588. The van der Waals surface area contributed by atoms with Crippen LogP contribution < -0.4 is 5.32 Å². The Morgan fingerprint density at radius 1 is 1.50 bits per heavy atom. The van der Waals surface area contributed by atoms with Crippen molar-refractivity contribution >= 4 is 11.8 Å². The molecule has 0 bridgehead atoms. The monoisotopic (exact) mass is 344 g/mol. The van der Waals surface area contributed by atoms with Crippen molar-refractivity contribution in [2.75, 3.05) is 38.0 Å². The van der Waals surface area contributed by atoms with E-state index in [2.05, 4.69) is 10.3 Å². The third kappa shape index (κ3) is 5.67. The van der Waals surface area contributed by atoms with Crippen molar-refractivity contribution in [1.29, 1.82) is 0 Å². The largest absolute Gasteiger partial charge is 0.401 e. The molecule has 0 saturated carbocycles. The van der Waals surface area contributed by atoms with Gasteiger partial charge in [0.15, 0.2) is 0 Å². The van der Waals surface area contributed by atoms with Gasteiger partial charge in [0.2, 0.25) is 0 Å².